The van der Waals surface area contributed by atoms with E-state index in [2.05, 4.69) is 30.3 Å². The van der Waals surface area contributed by atoms with Crippen LogP contribution < -0.4 is 10.2 Å². The van der Waals surface area contributed by atoms with Crippen LogP contribution in [0.3, 0.4) is 0 Å². The second kappa shape index (κ2) is 5.60. The third kappa shape index (κ3) is 2.88. The lowest BCUT2D eigenvalue weighted by molar-refractivity contribution is 0.0937. The Morgan fingerprint density at radius 3 is 3.00 bits per heavy atom. The van der Waals surface area contributed by atoms with Crippen molar-refractivity contribution in [1.82, 2.24) is 25.4 Å². The van der Waals surface area contributed by atoms with Gasteiger partial charge in [-0.15, -0.1) is 0 Å². The number of amides is 1. The highest BCUT2D eigenvalue weighted by atomic mass is 16.5. The maximum absolute atomic E-state index is 12.0. The Hall–Kier alpha value is -2.51. The highest BCUT2D eigenvalue weighted by Crippen LogP contribution is 2.33. The van der Waals surface area contributed by atoms with Crippen LogP contribution in [0.1, 0.15) is 53.9 Å². The van der Waals surface area contributed by atoms with Gasteiger partial charge >= 0.3 is 0 Å². The second-order valence-corrected chi connectivity index (χ2v) is 6.05. The Labute approximate surface area is 133 Å². The first-order valence-corrected chi connectivity index (χ1v) is 7.91. The van der Waals surface area contributed by atoms with E-state index < -0.39 is 0 Å². The molecular formula is C15H18N6O2. The topological polar surface area (TPSA) is 97.0 Å². The molecule has 2 aromatic heterocycles. The number of hydrogen-bond donors (Lipinski definition) is 1. The lowest BCUT2D eigenvalue weighted by Gasteiger charge is -2.21. The van der Waals surface area contributed by atoms with Crippen molar-refractivity contribution in [2.75, 3.05) is 11.4 Å². The largest absolute Gasteiger partial charge is 0.346 e. The van der Waals surface area contributed by atoms with Gasteiger partial charge in [0.1, 0.15) is 6.04 Å². The van der Waals surface area contributed by atoms with Crippen molar-refractivity contribution >= 4 is 11.9 Å². The van der Waals surface area contributed by atoms with Crippen LogP contribution >= 0.6 is 0 Å². The van der Waals surface area contributed by atoms with Crippen LogP contribution in [0.4, 0.5) is 5.95 Å². The SMILES string of the molecule is Cc1ccnc(N2CCC[C@H]2c2nc(C(=O)NC3CC3)no2)n1. The minimum absolute atomic E-state index is 0.0771. The fraction of sp³-hybridized carbons (Fsp3) is 0.533. The second-order valence-electron chi connectivity index (χ2n) is 6.05. The fourth-order valence-corrected chi connectivity index (χ4v) is 2.78. The number of carbonyl (C=O) groups is 1. The van der Waals surface area contributed by atoms with E-state index in [4.69, 9.17) is 4.52 Å². The minimum atomic E-state index is -0.265. The van der Waals surface area contributed by atoms with E-state index >= 15 is 0 Å². The summed E-state index contributed by atoms with van der Waals surface area (Å²) in [7, 11) is 0. The molecule has 4 rings (SSSR count). The number of nitrogens with one attached hydrogen (secondary N) is 1. The van der Waals surface area contributed by atoms with Crippen molar-refractivity contribution in [3.05, 3.63) is 29.7 Å². The molecule has 0 unspecified atom stereocenters. The summed E-state index contributed by atoms with van der Waals surface area (Å²) < 4.78 is 5.33. The summed E-state index contributed by atoms with van der Waals surface area (Å²) in [6.45, 7) is 2.77. The summed E-state index contributed by atoms with van der Waals surface area (Å²) in [5.41, 5.74) is 0.913. The third-order valence-electron chi connectivity index (χ3n) is 4.13. The first-order valence-electron chi connectivity index (χ1n) is 7.91. The van der Waals surface area contributed by atoms with Gasteiger partial charge < -0.3 is 14.7 Å². The van der Waals surface area contributed by atoms with E-state index in [1.807, 2.05) is 13.0 Å². The van der Waals surface area contributed by atoms with E-state index in [1.54, 1.807) is 6.20 Å². The van der Waals surface area contributed by atoms with Crippen LogP contribution in [0.25, 0.3) is 0 Å². The predicted molar refractivity (Wildman–Crippen MR) is 80.9 cm³/mol. The van der Waals surface area contributed by atoms with E-state index in [9.17, 15) is 4.79 Å². The molecule has 2 aliphatic rings. The van der Waals surface area contributed by atoms with E-state index in [1.165, 1.54) is 0 Å². The summed E-state index contributed by atoms with van der Waals surface area (Å²) >= 11 is 0. The smallest absolute Gasteiger partial charge is 0.292 e. The minimum Gasteiger partial charge on any atom is -0.346 e. The van der Waals surface area contributed by atoms with Crippen molar-refractivity contribution in [3.63, 3.8) is 0 Å². The molecule has 1 saturated heterocycles. The van der Waals surface area contributed by atoms with Gasteiger partial charge in [-0.2, -0.15) is 4.98 Å². The molecule has 1 amide bonds. The Morgan fingerprint density at radius 2 is 2.22 bits per heavy atom. The van der Waals surface area contributed by atoms with Crippen molar-refractivity contribution in [3.8, 4) is 0 Å². The molecular weight excluding hydrogens is 296 g/mol. The normalized spacial score (nSPS) is 20.7. The summed E-state index contributed by atoms with van der Waals surface area (Å²) in [6.07, 6.45) is 5.67. The van der Waals surface area contributed by atoms with Gasteiger partial charge in [-0.1, -0.05) is 5.16 Å². The first kappa shape index (κ1) is 14.1. The number of rotatable bonds is 4. The van der Waals surface area contributed by atoms with Gasteiger partial charge in [-0.3, -0.25) is 4.79 Å². The third-order valence-corrected chi connectivity index (χ3v) is 4.13. The fourth-order valence-electron chi connectivity index (χ4n) is 2.78. The van der Waals surface area contributed by atoms with Gasteiger partial charge in [0.25, 0.3) is 11.7 Å². The summed E-state index contributed by atoms with van der Waals surface area (Å²) in [6, 6.07) is 2.06. The van der Waals surface area contributed by atoms with Crippen molar-refractivity contribution in [2.24, 2.45) is 0 Å². The van der Waals surface area contributed by atoms with Crippen LogP contribution in [0.15, 0.2) is 16.8 Å². The van der Waals surface area contributed by atoms with Gasteiger partial charge in [-0.25, -0.2) is 9.97 Å². The van der Waals surface area contributed by atoms with Gasteiger partial charge in [0.2, 0.25) is 11.8 Å². The molecule has 8 nitrogen and oxygen atoms in total. The molecule has 2 fully saturated rings. The van der Waals surface area contributed by atoms with Crippen molar-refractivity contribution < 1.29 is 9.32 Å². The maximum Gasteiger partial charge on any atom is 0.292 e. The molecule has 8 heteroatoms. The highest BCUT2D eigenvalue weighted by Gasteiger charge is 2.34. The number of hydrogen-bond acceptors (Lipinski definition) is 7. The van der Waals surface area contributed by atoms with Crippen LogP contribution in [0, 0.1) is 6.92 Å². The van der Waals surface area contributed by atoms with Gasteiger partial charge in [0.05, 0.1) is 0 Å². The standard InChI is InChI=1S/C15H18N6O2/c1-9-6-7-16-15(17-9)21-8-2-3-11(21)14-19-12(20-23-14)13(22)18-10-4-5-10/h6-7,10-11H,2-5,8H2,1H3,(H,18,22)/t11-/m0/s1. The van der Waals surface area contributed by atoms with E-state index in [0.717, 1.165) is 37.9 Å². The molecule has 0 radical (unpaired) electrons. The molecule has 3 heterocycles. The number of anilines is 1. The molecule has 0 bridgehead atoms. The van der Waals surface area contributed by atoms with Gasteiger partial charge in [0, 0.05) is 24.5 Å². The van der Waals surface area contributed by atoms with Gasteiger partial charge in [0.15, 0.2) is 0 Å². The number of aryl methyl sites for hydroxylation is 1. The van der Waals surface area contributed by atoms with Gasteiger partial charge in [-0.05, 0) is 38.7 Å². The zero-order chi connectivity index (χ0) is 15.8. The van der Waals surface area contributed by atoms with E-state index in [-0.39, 0.29) is 23.8 Å². The number of aromatic nitrogens is 4. The van der Waals surface area contributed by atoms with Crippen molar-refractivity contribution in [1.29, 1.82) is 0 Å². The summed E-state index contributed by atoms with van der Waals surface area (Å²) in [4.78, 5) is 27.1. The monoisotopic (exact) mass is 314 g/mol. The average molecular weight is 314 g/mol. The molecule has 0 spiro atoms. The highest BCUT2D eigenvalue weighted by molar-refractivity contribution is 5.90. The molecule has 0 aromatic carbocycles. The molecule has 1 atom stereocenters. The quantitative estimate of drug-likeness (QED) is 0.911. The van der Waals surface area contributed by atoms with Crippen molar-refractivity contribution in [2.45, 2.75) is 44.7 Å². The molecule has 120 valence electrons. The lowest BCUT2D eigenvalue weighted by atomic mass is 10.2. The Morgan fingerprint density at radius 1 is 1.35 bits per heavy atom. The Balaban J connectivity index is 1.54. The molecule has 1 saturated carbocycles. The average Bonchev–Trinajstić information content (AvgIpc) is 3.05. The Bertz CT molecular complexity index is 726. The zero-order valence-electron chi connectivity index (χ0n) is 12.9. The van der Waals surface area contributed by atoms with E-state index in [0.29, 0.717) is 11.8 Å². The summed E-state index contributed by atoms with van der Waals surface area (Å²) in [5, 5.41) is 6.68. The van der Waals surface area contributed by atoms with Crippen LogP contribution in [-0.4, -0.2) is 38.6 Å². The predicted octanol–water partition coefficient (Wildman–Crippen LogP) is 1.40. The first-order chi connectivity index (χ1) is 11.2. The molecule has 1 N–H and O–H groups in total. The molecule has 23 heavy (non-hydrogen) atoms. The van der Waals surface area contributed by atoms with Crippen LogP contribution in [-0.2, 0) is 0 Å². The molecule has 2 aromatic rings. The van der Waals surface area contributed by atoms with Crippen LogP contribution in [0.2, 0.25) is 0 Å². The summed E-state index contributed by atoms with van der Waals surface area (Å²) in [5.74, 6) is 0.950. The number of carbonyl (C=O) groups excluding carboxylic acids is 1. The zero-order valence-corrected chi connectivity index (χ0v) is 12.9. The molecule has 1 aliphatic heterocycles. The number of nitrogens with zero attached hydrogens (tertiary/aromatic N) is 5. The maximum atomic E-state index is 12.0. The molecule has 1 aliphatic carbocycles. The Kier molecular flexibility index (Phi) is 3.44. The lowest BCUT2D eigenvalue weighted by Crippen LogP contribution is -2.27. The van der Waals surface area contributed by atoms with Crippen LogP contribution in [0.5, 0.6) is 0 Å².